The number of ether oxygens (including phenoxy) is 1. The van der Waals surface area contributed by atoms with E-state index in [-0.39, 0.29) is 0 Å². The highest BCUT2D eigenvalue weighted by molar-refractivity contribution is 5.63. The topological polar surface area (TPSA) is 38.5 Å². The Morgan fingerprint density at radius 2 is 1.78 bits per heavy atom. The molecule has 94 valence electrons. The van der Waals surface area contributed by atoms with Gasteiger partial charge in [-0.25, -0.2) is 0 Å². The zero-order valence-corrected chi connectivity index (χ0v) is 10.8. The second kappa shape index (κ2) is 5.56. The Morgan fingerprint density at radius 3 is 2.39 bits per heavy atom. The van der Waals surface area contributed by atoms with Crippen LogP contribution >= 0.6 is 0 Å². The molecule has 18 heavy (non-hydrogen) atoms. The SMILES string of the molecule is COc1ccc(N(C)c2cccc(CN)c2)cc1. The molecular weight excluding hydrogens is 224 g/mol. The highest BCUT2D eigenvalue weighted by Gasteiger charge is 2.04. The van der Waals surface area contributed by atoms with E-state index >= 15 is 0 Å². The lowest BCUT2D eigenvalue weighted by Crippen LogP contribution is -2.10. The van der Waals surface area contributed by atoms with Gasteiger partial charge in [-0.1, -0.05) is 12.1 Å². The number of benzene rings is 2. The van der Waals surface area contributed by atoms with Crippen LogP contribution in [0.1, 0.15) is 5.56 Å². The van der Waals surface area contributed by atoms with Crippen LogP contribution in [0.25, 0.3) is 0 Å². The maximum absolute atomic E-state index is 5.66. The van der Waals surface area contributed by atoms with Gasteiger partial charge < -0.3 is 15.4 Å². The van der Waals surface area contributed by atoms with E-state index in [2.05, 4.69) is 17.0 Å². The Bertz CT molecular complexity index is 508. The number of rotatable bonds is 4. The van der Waals surface area contributed by atoms with Crippen LogP contribution in [0.2, 0.25) is 0 Å². The lowest BCUT2D eigenvalue weighted by atomic mass is 10.2. The molecule has 0 aliphatic heterocycles. The minimum Gasteiger partial charge on any atom is -0.497 e. The first-order valence-electron chi connectivity index (χ1n) is 5.91. The summed E-state index contributed by atoms with van der Waals surface area (Å²) in [5, 5.41) is 0. The van der Waals surface area contributed by atoms with E-state index in [0.29, 0.717) is 6.54 Å². The fourth-order valence-electron chi connectivity index (χ4n) is 1.85. The lowest BCUT2D eigenvalue weighted by Gasteiger charge is -2.20. The molecule has 0 radical (unpaired) electrons. The van der Waals surface area contributed by atoms with Crippen LogP contribution in [0.4, 0.5) is 11.4 Å². The van der Waals surface area contributed by atoms with Gasteiger partial charge in [-0.05, 0) is 42.0 Å². The average Bonchev–Trinajstić information content (AvgIpc) is 2.46. The Balaban J connectivity index is 2.25. The van der Waals surface area contributed by atoms with Crippen molar-refractivity contribution in [2.75, 3.05) is 19.1 Å². The molecular formula is C15H18N2O. The van der Waals surface area contributed by atoms with Crippen molar-refractivity contribution in [2.45, 2.75) is 6.54 Å². The average molecular weight is 242 g/mol. The van der Waals surface area contributed by atoms with Crippen LogP contribution < -0.4 is 15.4 Å². The van der Waals surface area contributed by atoms with E-state index in [0.717, 1.165) is 22.7 Å². The molecule has 0 heterocycles. The van der Waals surface area contributed by atoms with Gasteiger partial charge in [0.15, 0.2) is 0 Å². The van der Waals surface area contributed by atoms with Gasteiger partial charge in [-0.2, -0.15) is 0 Å². The van der Waals surface area contributed by atoms with Crippen molar-refractivity contribution in [1.29, 1.82) is 0 Å². The van der Waals surface area contributed by atoms with Crippen molar-refractivity contribution in [2.24, 2.45) is 5.73 Å². The Morgan fingerprint density at radius 1 is 1.06 bits per heavy atom. The van der Waals surface area contributed by atoms with Crippen molar-refractivity contribution < 1.29 is 4.74 Å². The Kier molecular flexibility index (Phi) is 3.85. The largest absolute Gasteiger partial charge is 0.497 e. The van der Waals surface area contributed by atoms with Crippen LogP contribution in [0.5, 0.6) is 5.75 Å². The molecule has 0 fully saturated rings. The number of hydrogen-bond donors (Lipinski definition) is 1. The molecule has 2 rings (SSSR count). The molecule has 3 nitrogen and oxygen atoms in total. The Labute approximate surface area is 108 Å². The number of nitrogens with two attached hydrogens (primary N) is 1. The monoisotopic (exact) mass is 242 g/mol. The van der Waals surface area contributed by atoms with Crippen molar-refractivity contribution in [3.05, 3.63) is 54.1 Å². The summed E-state index contributed by atoms with van der Waals surface area (Å²) in [5.74, 6) is 0.864. The zero-order chi connectivity index (χ0) is 13.0. The normalized spacial score (nSPS) is 10.2. The minimum atomic E-state index is 0.560. The maximum Gasteiger partial charge on any atom is 0.119 e. The summed E-state index contributed by atoms with van der Waals surface area (Å²) in [4.78, 5) is 2.12. The molecule has 0 aliphatic rings. The van der Waals surface area contributed by atoms with E-state index in [1.54, 1.807) is 7.11 Å². The zero-order valence-electron chi connectivity index (χ0n) is 10.8. The molecule has 2 aromatic rings. The highest BCUT2D eigenvalue weighted by atomic mass is 16.5. The predicted molar refractivity (Wildman–Crippen MR) is 75.4 cm³/mol. The molecule has 0 atom stereocenters. The molecule has 2 N–H and O–H groups in total. The molecule has 0 saturated carbocycles. The lowest BCUT2D eigenvalue weighted by molar-refractivity contribution is 0.415. The number of nitrogens with zero attached hydrogens (tertiary/aromatic N) is 1. The van der Waals surface area contributed by atoms with Crippen LogP contribution in [-0.4, -0.2) is 14.2 Å². The van der Waals surface area contributed by atoms with Gasteiger partial charge in [0, 0.05) is 25.0 Å². The smallest absolute Gasteiger partial charge is 0.119 e. The van der Waals surface area contributed by atoms with Gasteiger partial charge in [0.05, 0.1) is 7.11 Å². The van der Waals surface area contributed by atoms with Gasteiger partial charge in [0.25, 0.3) is 0 Å². The first-order valence-corrected chi connectivity index (χ1v) is 5.91. The molecule has 0 saturated heterocycles. The van der Waals surface area contributed by atoms with Crippen LogP contribution in [0.3, 0.4) is 0 Å². The molecule has 2 aromatic carbocycles. The van der Waals surface area contributed by atoms with Gasteiger partial charge in [0.2, 0.25) is 0 Å². The summed E-state index contributed by atoms with van der Waals surface area (Å²) < 4.78 is 5.16. The molecule has 0 unspecified atom stereocenters. The molecule has 3 heteroatoms. The minimum absolute atomic E-state index is 0.560. The molecule has 0 amide bonds. The standard InChI is InChI=1S/C15H18N2O/c1-17(13-6-8-15(18-2)9-7-13)14-5-3-4-12(10-14)11-16/h3-10H,11,16H2,1-2H3. The van der Waals surface area contributed by atoms with Gasteiger partial charge in [0.1, 0.15) is 5.75 Å². The second-order valence-electron chi connectivity index (χ2n) is 4.13. The molecule has 0 bridgehead atoms. The summed E-state index contributed by atoms with van der Waals surface area (Å²) in [7, 11) is 3.71. The molecule has 0 aliphatic carbocycles. The second-order valence-corrected chi connectivity index (χ2v) is 4.13. The highest BCUT2D eigenvalue weighted by Crippen LogP contribution is 2.25. The fourth-order valence-corrected chi connectivity index (χ4v) is 1.85. The third kappa shape index (κ3) is 2.63. The van der Waals surface area contributed by atoms with E-state index in [1.165, 1.54) is 0 Å². The first kappa shape index (κ1) is 12.5. The van der Waals surface area contributed by atoms with E-state index in [4.69, 9.17) is 10.5 Å². The van der Waals surface area contributed by atoms with E-state index < -0.39 is 0 Å². The van der Waals surface area contributed by atoms with Gasteiger partial charge in [-0.3, -0.25) is 0 Å². The number of methoxy groups -OCH3 is 1. The predicted octanol–water partition coefficient (Wildman–Crippen LogP) is 2.92. The van der Waals surface area contributed by atoms with Crippen molar-refractivity contribution in [3.8, 4) is 5.75 Å². The van der Waals surface area contributed by atoms with Crippen molar-refractivity contribution in [1.82, 2.24) is 0 Å². The van der Waals surface area contributed by atoms with Crippen LogP contribution in [0, 0.1) is 0 Å². The van der Waals surface area contributed by atoms with Crippen LogP contribution in [0.15, 0.2) is 48.5 Å². The summed E-state index contributed by atoms with van der Waals surface area (Å²) >= 11 is 0. The third-order valence-electron chi connectivity index (χ3n) is 2.99. The summed E-state index contributed by atoms with van der Waals surface area (Å²) in [6, 6.07) is 16.2. The summed E-state index contributed by atoms with van der Waals surface area (Å²) in [6.07, 6.45) is 0. The number of hydrogen-bond acceptors (Lipinski definition) is 3. The summed E-state index contributed by atoms with van der Waals surface area (Å²) in [6.45, 7) is 0.560. The Hall–Kier alpha value is -2.00. The summed E-state index contributed by atoms with van der Waals surface area (Å²) in [5.41, 5.74) is 9.04. The van der Waals surface area contributed by atoms with Crippen molar-refractivity contribution >= 4 is 11.4 Å². The van der Waals surface area contributed by atoms with Crippen molar-refractivity contribution in [3.63, 3.8) is 0 Å². The molecule has 0 aromatic heterocycles. The molecule has 0 spiro atoms. The van der Waals surface area contributed by atoms with E-state index in [9.17, 15) is 0 Å². The van der Waals surface area contributed by atoms with Crippen LogP contribution in [-0.2, 0) is 6.54 Å². The first-order chi connectivity index (χ1) is 8.74. The van der Waals surface area contributed by atoms with Gasteiger partial charge in [-0.15, -0.1) is 0 Å². The number of anilines is 2. The fraction of sp³-hybridized carbons (Fsp3) is 0.200. The third-order valence-corrected chi connectivity index (χ3v) is 2.99. The van der Waals surface area contributed by atoms with Gasteiger partial charge >= 0.3 is 0 Å². The quantitative estimate of drug-likeness (QED) is 0.896. The van der Waals surface area contributed by atoms with E-state index in [1.807, 2.05) is 43.4 Å². The maximum atomic E-state index is 5.66.